The minimum absolute atomic E-state index is 0.215. The topological polar surface area (TPSA) is 32.3 Å². The Hall–Kier alpha value is -0.640. The van der Waals surface area contributed by atoms with Crippen LogP contribution in [0.25, 0.3) is 0 Å². The molecule has 100 valence electrons. The van der Waals surface area contributed by atoms with E-state index < -0.39 is 5.60 Å². The molecule has 2 atom stereocenters. The molecule has 0 amide bonds. The van der Waals surface area contributed by atoms with Crippen molar-refractivity contribution in [3.05, 3.63) is 34.6 Å². The lowest BCUT2D eigenvalue weighted by Crippen LogP contribution is -2.45. The van der Waals surface area contributed by atoms with E-state index >= 15 is 0 Å². The molecule has 1 fully saturated rings. The summed E-state index contributed by atoms with van der Waals surface area (Å²) in [6.45, 7) is 3.68. The van der Waals surface area contributed by atoms with Crippen LogP contribution in [-0.4, -0.2) is 23.8 Å². The van der Waals surface area contributed by atoms with Crippen LogP contribution in [0, 0.1) is 11.7 Å². The third kappa shape index (κ3) is 3.22. The van der Waals surface area contributed by atoms with Crippen molar-refractivity contribution < 1.29 is 9.50 Å². The fraction of sp³-hybridized carbons (Fsp3) is 0.571. The third-order valence-corrected chi connectivity index (χ3v) is 4.09. The summed E-state index contributed by atoms with van der Waals surface area (Å²) in [7, 11) is 0. The van der Waals surface area contributed by atoms with E-state index in [1.54, 1.807) is 6.07 Å². The predicted octanol–water partition coefficient (Wildman–Crippen LogP) is 2.77. The van der Waals surface area contributed by atoms with Crippen molar-refractivity contribution in [2.75, 3.05) is 13.1 Å². The Balaban J connectivity index is 2.10. The molecule has 0 bridgehead atoms. The van der Waals surface area contributed by atoms with Crippen molar-refractivity contribution in [2.45, 2.75) is 31.8 Å². The lowest BCUT2D eigenvalue weighted by atomic mass is 9.79. The molecule has 1 aromatic rings. The van der Waals surface area contributed by atoms with Gasteiger partial charge in [-0.25, -0.2) is 4.39 Å². The van der Waals surface area contributed by atoms with Crippen LogP contribution in [0.4, 0.5) is 4.39 Å². The molecule has 2 unspecified atom stereocenters. The first-order valence-electron chi connectivity index (χ1n) is 6.36. The molecule has 0 spiro atoms. The summed E-state index contributed by atoms with van der Waals surface area (Å²) < 4.78 is 13.0. The van der Waals surface area contributed by atoms with Crippen LogP contribution < -0.4 is 5.32 Å². The van der Waals surface area contributed by atoms with Crippen molar-refractivity contribution in [1.82, 2.24) is 5.32 Å². The number of hydrogen-bond acceptors (Lipinski definition) is 2. The summed E-state index contributed by atoms with van der Waals surface area (Å²) in [5.74, 6) is -0.130. The van der Waals surface area contributed by atoms with Crippen molar-refractivity contribution in [3.8, 4) is 0 Å². The second-order valence-electron chi connectivity index (χ2n) is 5.31. The molecule has 0 saturated carbocycles. The zero-order chi connectivity index (χ0) is 13.2. The van der Waals surface area contributed by atoms with Crippen LogP contribution in [0.5, 0.6) is 0 Å². The summed E-state index contributed by atoms with van der Waals surface area (Å²) in [5.41, 5.74) is -0.0110. The highest BCUT2D eigenvalue weighted by Crippen LogP contribution is 2.30. The zero-order valence-electron chi connectivity index (χ0n) is 10.5. The van der Waals surface area contributed by atoms with Crippen molar-refractivity contribution in [1.29, 1.82) is 0 Å². The predicted molar refractivity (Wildman–Crippen MR) is 71.3 cm³/mol. The van der Waals surface area contributed by atoms with Crippen LogP contribution in [0.3, 0.4) is 0 Å². The number of rotatable bonds is 3. The molecule has 18 heavy (non-hydrogen) atoms. The highest BCUT2D eigenvalue weighted by Gasteiger charge is 2.33. The van der Waals surface area contributed by atoms with E-state index in [4.69, 9.17) is 11.6 Å². The fourth-order valence-electron chi connectivity index (χ4n) is 2.58. The van der Waals surface area contributed by atoms with E-state index in [1.807, 2.05) is 6.92 Å². The van der Waals surface area contributed by atoms with Gasteiger partial charge < -0.3 is 10.4 Å². The van der Waals surface area contributed by atoms with Gasteiger partial charge in [0.2, 0.25) is 0 Å². The fourth-order valence-corrected chi connectivity index (χ4v) is 2.81. The monoisotopic (exact) mass is 271 g/mol. The van der Waals surface area contributed by atoms with Gasteiger partial charge in [-0.15, -0.1) is 0 Å². The average molecular weight is 272 g/mol. The molecule has 1 aliphatic rings. The summed E-state index contributed by atoms with van der Waals surface area (Å²) in [5, 5.41) is 14.3. The van der Waals surface area contributed by atoms with Gasteiger partial charge in [0.05, 0.1) is 5.60 Å². The second-order valence-corrected chi connectivity index (χ2v) is 5.72. The zero-order valence-corrected chi connectivity index (χ0v) is 11.3. The van der Waals surface area contributed by atoms with Gasteiger partial charge in [-0.3, -0.25) is 0 Å². The van der Waals surface area contributed by atoms with Gasteiger partial charge >= 0.3 is 0 Å². The van der Waals surface area contributed by atoms with E-state index in [9.17, 15) is 9.50 Å². The molecule has 1 saturated heterocycles. The molecule has 1 aliphatic heterocycles. The highest BCUT2D eigenvalue weighted by molar-refractivity contribution is 6.31. The number of halogens is 2. The molecule has 0 radical (unpaired) electrons. The van der Waals surface area contributed by atoms with E-state index in [0.717, 1.165) is 31.5 Å². The summed E-state index contributed by atoms with van der Waals surface area (Å²) in [4.78, 5) is 0. The maximum atomic E-state index is 13.0. The number of piperidine rings is 1. The Bertz CT molecular complexity index is 416. The van der Waals surface area contributed by atoms with Crippen LogP contribution in [0.1, 0.15) is 25.3 Å². The van der Waals surface area contributed by atoms with Gasteiger partial charge in [0.1, 0.15) is 5.82 Å². The molecule has 0 aliphatic carbocycles. The molecule has 0 aromatic heterocycles. The third-order valence-electron chi connectivity index (χ3n) is 3.74. The first kappa shape index (κ1) is 13.8. The largest absolute Gasteiger partial charge is 0.389 e. The van der Waals surface area contributed by atoms with E-state index in [-0.39, 0.29) is 11.7 Å². The minimum atomic E-state index is -0.811. The van der Waals surface area contributed by atoms with E-state index in [2.05, 4.69) is 5.32 Å². The molecule has 1 aromatic carbocycles. The van der Waals surface area contributed by atoms with Gasteiger partial charge in [-0.05, 0) is 44.0 Å². The molecule has 2 N–H and O–H groups in total. The number of nitrogens with one attached hydrogen (secondary N) is 1. The standard InChI is InChI=1S/C14H19ClFNO/c1-14(18,11-3-2-6-17-9-11)8-10-4-5-12(16)7-13(10)15/h4-5,7,11,17-18H,2-3,6,8-9H2,1H3. The molecule has 4 heteroatoms. The Morgan fingerprint density at radius 1 is 1.56 bits per heavy atom. The maximum absolute atomic E-state index is 13.0. The molecular weight excluding hydrogens is 253 g/mol. The maximum Gasteiger partial charge on any atom is 0.124 e. The summed E-state index contributed by atoms with van der Waals surface area (Å²) >= 11 is 6.01. The quantitative estimate of drug-likeness (QED) is 0.886. The number of benzene rings is 1. The first-order valence-corrected chi connectivity index (χ1v) is 6.74. The Morgan fingerprint density at radius 3 is 2.94 bits per heavy atom. The Morgan fingerprint density at radius 2 is 2.33 bits per heavy atom. The van der Waals surface area contributed by atoms with Crippen molar-refractivity contribution >= 4 is 11.6 Å². The van der Waals surface area contributed by atoms with Crippen molar-refractivity contribution in [2.24, 2.45) is 5.92 Å². The van der Waals surface area contributed by atoms with Crippen molar-refractivity contribution in [3.63, 3.8) is 0 Å². The Kier molecular flexibility index (Phi) is 4.25. The molecule has 2 rings (SSSR count). The number of hydrogen-bond donors (Lipinski definition) is 2. The highest BCUT2D eigenvalue weighted by atomic mass is 35.5. The lowest BCUT2D eigenvalue weighted by molar-refractivity contribution is -0.0102. The second kappa shape index (κ2) is 5.55. The van der Waals surface area contributed by atoms with Gasteiger partial charge in [0, 0.05) is 23.9 Å². The van der Waals surface area contributed by atoms with Crippen LogP contribution in [-0.2, 0) is 6.42 Å². The van der Waals surface area contributed by atoms with Gasteiger partial charge in [0.25, 0.3) is 0 Å². The minimum Gasteiger partial charge on any atom is -0.389 e. The Labute approximate surface area is 112 Å². The van der Waals surface area contributed by atoms with E-state index in [1.165, 1.54) is 12.1 Å². The van der Waals surface area contributed by atoms with Crippen LogP contribution in [0.15, 0.2) is 18.2 Å². The summed E-state index contributed by atoms with van der Waals surface area (Å²) in [6, 6.07) is 4.34. The summed E-state index contributed by atoms with van der Waals surface area (Å²) in [6.07, 6.45) is 2.55. The van der Waals surface area contributed by atoms with Gasteiger partial charge in [-0.1, -0.05) is 17.7 Å². The normalized spacial score (nSPS) is 23.7. The SMILES string of the molecule is CC(O)(Cc1ccc(F)cc1Cl)C1CCCNC1. The molecule has 1 heterocycles. The average Bonchev–Trinajstić information content (AvgIpc) is 2.34. The van der Waals surface area contributed by atoms with Gasteiger partial charge in [-0.2, -0.15) is 0 Å². The first-order chi connectivity index (χ1) is 8.49. The van der Waals surface area contributed by atoms with E-state index in [0.29, 0.717) is 11.4 Å². The van der Waals surface area contributed by atoms with Crippen LogP contribution >= 0.6 is 11.6 Å². The molecule has 2 nitrogen and oxygen atoms in total. The van der Waals surface area contributed by atoms with Crippen LogP contribution in [0.2, 0.25) is 5.02 Å². The van der Waals surface area contributed by atoms with Gasteiger partial charge in [0.15, 0.2) is 0 Å². The molecular formula is C14H19ClFNO. The lowest BCUT2D eigenvalue weighted by Gasteiger charge is -2.36. The number of aliphatic hydroxyl groups is 1. The smallest absolute Gasteiger partial charge is 0.124 e.